The number of likely N-dealkylation sites (N-methyl/N-ethyl adjacent to an activating group) is 1. The van der Waals surface area contributed by atoms with Crippen LogP contribution in [-0.2, 0) is 13.0 Å². The van der Waals surface area contributed by atoms with E-state index < -0.39 is 11.6 Å². The standard InChI is InChI=1S/C33H36ClN7O3/c1-4-8-26-20-35-21-27(34)30(26)37-33(44)36-29-19-28(38-41(5-2)32(29)43)24-11-6-9-22(17-24)23-10-7-12-25(18-23)31(42)40-15-13-39(3)14-16-40/h6-7,9-12,17-21H,4-5,8,13-16H2,1-3H3,(H2,35,36,37,44). The monoisotopic (exact) mass is 613 g/mol. The zero-order valence-corrected chi connectivity index (χ0v) is 25.9. The van der Waals surface area contributed by atoms with Crippen molar-refractivity contribution in [1.82, 2.24) is 24.6 Å². The Morgan fingerprint density at radius 2 is 1.61 bits per heavy atom. The second-order valence-corrected chi connectivity index (χ2v) is 11.2. The van der Waals surface area contributed by atoms with Gasteiger partial charge in [-0.15, -0.1) is 0 Å². The first-order valence-electron chi connectivity index (χ1n) is 14.8. The Hall–Kier alpha value is -4.54. The van der Waals surface area contributed by atoms with E-state index in [1.807, 2.05) is 67.3 Å². The maximum absolute atomic E-state index is 13.2. The fraction of sp³-hybridized carbons (Fsp3) is 0.303. The molecule has 0 aliphatic carbocycles. The number of halogens is 1. The minimum absolute atomic E-state index is 0.0247. The summed E-state index contributed by atoms with van der Waals surface area (Å²) in [5.74, 6) is 0.0247. The van der Waals surface area contributed by atoms with Crippen molar-refractivity contribution >= 4 is 34.9 Å². The normalized spacial score (nSPS) is 13.5. The number of nitrogens with zero attached hydrogens (tertiary/aromatic N) is 5. The number of nitrogens with one attached hydrogen (secondary N) is 2. The predicted molar refractivity (Wildman–Crippen MR) is 174 cm³/mol. The van der Waals surface area contributed by atoms with Crippen LogP contribution in [0.3, 0.4) is 0 Å². The number of piperazine rings is 1. The molecule has 0 unspecified atom stereocenters. The van der Waals surface area contributed by atoms with Crippen LogP contribution in [0.4, 0.5) is 16.2 Å². The Kier molecular flexibility index (Phi) is 9.72. The van der Waals surface area contributed by atoms with Crippen molar-refractivity contribution in [3.63, 3.8) is 0 Å². The Morgan fingerprint density at radius 3 is 2.34 bits per heavy atom. The molecule has 2 aromatic carbocycles. The molecule has 3 amide bonds. The zero-order valence-electron chi connectivity index (χ0n) is 25.1. The van der Waals surface area contributed by atoms with E-state index in [4.69, 9.17) is 11.6 Å². The third-order valence-corrected chi connectivity index (χ3v) is 7.94. The summed E-state index contributed by atoms with van der Waals surface area (Å²) in [4.78, 5) is 47.6. The first kappa shape index (κ1) is 30.9. The molecule has 1 aliphatic heterocycles. The highest BCUT2D eigenvalue weighted by atomic mass is 35.5. The summed E-state index contributed by atoms with van der Waals surface area (Å²) < 4.78 is 1.31. The van der Waals surface area contributed by atoms with Crippen molar-refractivity contribution < 1.29 is 9.59 Å². The van der Waals surface area contributed by atoms with E-state index in [-0.39, 0.29) is 11.6 Å². The number of anilines is 2. The minimum Gasteiger partial charge on any atom is -0.336 e. The van der Waals surface area contributed by atoms with Crippen LogP contribution in [0.1, 0.15) is 36.2 Å². The molecule has 5 rings (SSSR count). The van der Waals surface area contributed by atoms with E-state index in [1.54, 1.807) is 12.3 Å². The number of benzene rings is 2. The number of aryl methyl sites for hydroxylation is 2. The molecule has 2 aromatic heterocycles. The number of hydrogen-bond acceptors (Lipinski definition) is 6. The summed E-state index contributed by atoms with van der Waals surface area (Å²) >= 11 is 6.33. The van der Waals surface area contributed by atoms with Gasteiger partial charge in [0, 0.05) is 56.2 Å². The Bertz CT molecular complexity index is 1730. The van der Waals surface area contributed by atoms with Gasteiger partial charge in [-0.1, -0.05) is 55.3 Å². The molecular formula is C33H36ClN7O3. The molecule has 11 heteroatoms. The molecule has 0 bridgehead atoms. The largest absolute Gasteiger partial charge is 0.336 e. The molecule has 0 radical (unpaired) electrons. The van der Waals surface area contributed by atoms with E-state index >= 15 is 0 Å². The van der Waals surface area contributed by atoms with E-state index in [0.29, 0.717) is 48.0 Å². The SMILES string of the molecule is CCCc1cncc(Cl)c1NC(=O)Nc1cc(-c2cccc(-c3cccc(C(=O)N4CCN(C)CC4)c3)c2)nn(CC)c1=O. The van der Waals surface area contributed by atoms with Crippen molar-refractivity contribution in [2.45, 2.75) is 33.2 Å². The summed E-state index contributed by atoms with van der Waals surface area (Å²) in [5.41, 5.74) is 4.64. The Morgan fingerprint density at radius 1 is 0.909 bits per heavy atom. The average molecular weight is 614 g/mol. The summed E-state index contributed by atoms with van der Waals surface area (Å²) in [6, 6.07) is 16.3. The van der Waals surface area contributed by atoms with E-state index in [1.165, 1.54) is 10.9 Å². The maximum Gasteiger partial charge on any atom is 0.323 e. The molecule has 0 saturated carbocycles. The smallest absolute Gasteiger partial charge is 0.323 e. The van der Waals surface area contributed by atoms with Gasteiger partial charge in [0.1, 0.15) is 5.69 Å². The summed E-state index contributed by atoms with van der Waals surface area (Å²) in [6.07, 6.45) is 4.68. The highest BCUT2D eigenvalue weighted by Crippen LogP contribution is 2.28. The lowest BCUT2D eigenvalue weighted by atomic mass is 9.99. The number of carbonyl (C=O) groups excluding carboxylic acids is 2. The van der Waals surface area contributed by atoms with Gasteiger partial charge >= 0.3 is 6.03 Å². The highest BCUT2D eigenvalue weighted by Gasteiger charge is 2.21. The van der Waals surface area contributed by atoms with Crippen LogP contribution >= 0.6 is 11.6 Å². The fourth-order valence-electron chi connectivity index (χ4n) is 5.21. The van der Waals surface area contributed by atoms with Crippen LogP contribution in [0, 0.1) is 0 Å². The van der Waals surface area contributed by atoms with Gasteiger partial charge < -0.3 is 20.4 Å². The molecule has 0 atom stereocenters. The summed E-state index contributed by atoms with van der Waals surface area (Å²) in [6.45, 7) is 7.28. The molecule has 44 heavy (non-hydrogen) atoms. The first-order chi connectivity index (χ1) is 21.3. The van der Waals surface area contributed by atoms with E-state index in [9.17, 15) is 14.4 Å². The first-order valence-corrected chi connectivity index (χ1v) is 15.2. The lowest BCUT2D eigenvalue weighted by molar-refractivity contribution is 0.0664. The highest BCUT2D eigenvalue weighted by molar-refractivity contribution is 6.33. The van der Waals surface area contributed by atoms with Crippen molar-refractivity contribution in [2.24, 2.45) is 0 Å². The van der Waals surface area contributed by atoms with Crippen molar-refractivity contribution in [3.05, 3.63) is 93.5 Å². The van der Waals surface area contributed by atoms with Crippen LogP contribution in [0.2, 0.25) is 5.02 Å². The lowest BCUT2D eigenvalue weighted by Crippen LogP contribution is -2.47. The molecule has 10 nitrogen and oxygen atoms in total. The summed E-state index contributed by atoms with van der Waals surface area (Å²) in [5, 5.41) is 10.3. The maximum atomic E-state index is 13.2. The van der Waals surface area contributed by atoms with Crippen LogP contribution in [-0.4, -0.2) is 69.7 Å². The van der Waals surface area contributed by atoms with Crippen molar-refractivity contribution in [1.29, 1.82) is 0 Å². The number of amides is 3. The number of urea groups is 1. The van der Waals surface area contributed by atoms with Gasteiger partial charge in [-0.2, -0.15) is 5.10 Å². The fourth-order valence-corrected chi connectivity index (χ4v) is 5.43. The lowest BCUT2D eigenvalue weighted by Gasteiger charge is -2.32. The van der Waals surface area contributed by atoms with Crippen molar-refractivity contribution in [3.8, 4) is 22.4 Å². The number of aromatic nitrogens is 3. The van der Waals surface area contributed by atoms with Crippen LogP contribution in [0.25, 0.3) is 22.4 Å². The van der Waals surface area contributed by atoms with E-state index in [2.05, 4.69) is 32.7 Å². The van der Waals surface area contributed by atoms with Crippen molar-refractivity contribution in [2.75, 3.05) is 43.9 Å². The van der Waals surface area contributed by atoms with Gasteiger partial charge in [-0.25, -0.2) is 9.48 Å². The van der Waals surface area contributed by atoms with Gasteiger partial charge in [0.15, 0.2) is 0 Å². The van der Waals surface area contributed by atoms with Gasteiger partial charge in [0.25, 0.3) is 11.5 Å². The number of pyridine rings is 1. The summed E-state index contributed by atoms with van der Waals surface area (Å²) in [7, 11) is 2.06. The molecular weight excluding hydrogens is 578 g/mol. The number of rotatable bonds is 8. The molecule has 1 saturated heterocycles. The molecule has 3 heterocycles. The van der Waals surface area contributed by atoms with E-state index in [0.717, 1.165) is 41.8 Å². The van der Waals surface area contributed by atoms with Gasteiger partial charge in [0.05, 0.1) is 16.4 Å². The molecule has 1 fully saturated rings. The third kappa shape index (κ3) is 6.98. The molecule has 1 aliphatic rings. The third-order valence-electron chi connectivity index (χ3n) is 7.65. The minimum atomic E-state index is -0.595. The molecule has 228 valence electrons. The Balaban J connectivity index is 1.41. The quantitative estimate of drug-likeness (QED) is 0.266. The number of carbonyl (C=O) groups is 2. The van der Waals surface area contributed by atoms with Crippen LogP contribution < -0.4 is 16.2 Å². The van der Waals surface area contributed by atoms with Crippen LogP contribution in [0.15, 0.2) is 71.8 Å². The predicted octanol–water partition coefficient (Wildman–Crippen LogP) is 5.63. The van der Waals surface area contributed by atoms with Gasteiger partial charge in [-0.05, 0) is 61.3 Å². The van der Waals surface area contributed by atoms with Gasteiger partial charge in [0.2, 0.25) is 0 Å². The second kappa shape index (κ2) is 13.8. The zero-order chi connectivity index (χ0) is 31.2. The average Bonchev–Trinajstić information content (AvgIpc) is 3.04. The number of hydrogen-bond donors (Lipinski definition) is 2. The molecule has 4 aromatic rings. The van der Waals surface area contributed by atoms with Crippen LogP contribution in [0.5, 0.6) is 0 Å². The molecule has 2 N–H and O–H groups in total. The molecule has 0 spiro atoms. The van der Waals surface area contributed by atoms with Gasteiger partial charge in [-0.3, -0.25) is 14.6 Å². The Labute approximate surface area is 261 Å². The topological polar surface area (TPSA) is 112 Å². The second-order valence-electron chi connectivity index (χ2n) is 10.8.